The fourth-order valence-corrected chi connectivity index (χ4v) is 3.84. The van der Waals surface area contributed by atoms with Gasteiger partial charge in [-0.25, -0.2) is 9.97 Å². The van der Waals surface area contributed by atoms with E-state index in [0.717, 1.165) is 48.6 Å². The smallest absolute Gasteiger partial charge is 0.252 e. The highest BCUT2D eigenvalue weighted by Crippen LogP contribution is 2.33. The van der Waals surface area contributed by atoms with Crippen LogP contribution in [0, 0.1) is 0 Å². The quantitative estimate of drug-likeness (QED) is 0.455. The van der Waals surface area contributed by atoms with Crippen molar-refractivity contribution in [3.63, 3.8) is 0 Å². The van der Waals surface area contributed by atoms with Crippen LogP contribution in [-0.2, 0) is 13.0 Å². The number of para-hydroxylation sites is 1. The number of aromatic nitrogens is 3. The van der Waals surface area contributed by atoms with E-state index in [1.165, 1.54) is 0 Å². The summed E-state index contributed by atoms with van der Waals surface area (Å²) < 4.78 is 5.47. The van der Waals surface area contributed by atoms with Crippen LogP contribution in [0.4, 0.5) is 11.5 Å². The first kappa shape index (κ1) is 19.0. The van der Waals surface area contributed by atoms with Gasteiger partial charge in [0.2, 0.25) is 0 Å². The number of hydrogen-bond donors (Lipinski definition) is 3. The first-order valence-electron chi connectivity index (χ1n) is 10.3. The van der Waals surface area contributed by atoms with E-state index >= 15 is 0 Å². The fraction of sp³-hybridized carbons (Fsp3) is 0.217. The summed E-state index contributed by atoms with van der Waals surface area (Å²) in [7, 11) is 0. The van der Waals surface area contributed by atoms with E-state index in [9.17, 15) is 4.79 Å². The van der Waals surface area contributed by atoms with Gasteiger partial charge in [0.15, 0.2) is 22.9 Å². The number of anilines is 2. The average Bonchev–Trinajstić information content (AvgIpc) is 3.08. The molecule has 1 aliphatic heterocycles. The maximum Gasteiger partial charge on any atom is 0.252 e. The van der Waals surface area contributed by atoms with Crippen molar-refractivity contribution < 1.29 is 9.32 Å². The normalized spacial score (nSPS) is 13.3. The van der Waals surface area contributed by atoms with E-state index in [1.807, 2.05) is 24.3 Å². The lowest BCUT2D eigenvalue weighted by Crippen LogP contribution is -2.11. The number of rotatable bonds is 5. The molecule has 1 aliphatic rings. The lowest BCUT2D eigenvalue weighted by atomic mass is 10.1. The number of primary amides is 1. The van der Waals surface area contributed by atoms with Gasteiger partial charge in [0.05, 0.1) is 22.3 Å². The van der Waals surface area contributed by atoms with Crippen LogP contribution in [0.3, 0.4) is 0 Å². The predicted molar refractivity (Wildman–Crippen MR) is 119 cm³/mol. The molecule has 0 spiro atoms. The fourth-order valence-electron chi connectivity index (χ4n) is 3.84. The Labute approximate surface area is 178 Å². The summed E-state index contributed by atoms with van der Waals surface area (Å²) in [6, 6.07) is 15.4. The highest BCUT2D eigenvalue weighted by molar-refractivity contribution is 6.06. The van der Waals surface area contributed by atoms with E-state index < -0.39 is 5.91 Å². The Bertz CT molecular complexity index is 1250. The van der Waals surface area contributed by atoms with Gasteiger partial charge in [0, 0.05) is 13.1 Å². The number of hydrogen-bond acceptors (Lipinski definition) is 7. The summed E-state index contributed by atoms with van der Waals surface area (Å²) in [5.74, 6) is 0.622. The Morgan fingerprint density at radius 1 is 1.10 bits per heavy atom. The van der Waals surface area contributed by atoms with Gasteiger partial charge in [-0.05, 0) is 37.0 Å². The maximum absolute atomic E-state index is 11.7. The molecule has 0 fully saturated rings. The molecule has 0 atom stereocenters. The van der Waals surface area contributed by atoms with Crippen LogP contribution in [0.15, 0.2) is 53.1 Å². The molecule has 8 heteroatoms. The zero-order valence-corrected chi connectivity index (χ0v) is 16.9. The number of aryl methyl sites for hydroxylation is 1. The van der Waals surface area contributed by atoms with Crippen molar-refractivity contribution >= 4 is 28.4 Å². The Morgan fingerprint density at radius 3 is 2.81 bits per heavy atom. The SMILES string of the molecule is NC(=O)c1cccc2c(-c3nc4c(c(NCc5ccccc5)n3)NCCCC4)noc12. The number of nitrogens with zero attached hydrogens (tertiary/aromatic N) is 3. The molecule has 31 heavy (non-hydrogen) atoms. The van der Waals surface area contributed by atoms with E-state index in [2.05, 4.69) is 27.9 Å². The van der Waals surface area contributed by atoms with Crippen molar-refractivity contribution in [2.75, 3.05) is 17.2 Å². The lowest BCUT2D eigenvalue weighted by Gasteiger charge is -2.15. The molecule has 0 bridgehead atoms. The van der Waals surface area contributed by atoms with Gasteiger partial charge < -0.3 is 20.9 Å². The van der Waals surface area contributed by atoms with E-state index in [0.29, 0.717) is 29.0 Å². The van der Waals surface area contributed by atoms with Crippen molar-refractivity contribution in [3.05, 3.63) is 65.4 Å². The molecular formula is C23H22N6O2. The zero-order valence-electron chi connectivity index (χ0n) is 16.9. The average molecular weight is 414 g/mol. The minimum absolute atomic E-state index is 0.287. The van der Waals surface area contributed by atoms with Gasteiger partial charge in [0.25, 0.3) is 5.91 Å². The minimum atomic E-state index is -0.564. The Hall–Kier alpha value is -3.94. The summed E-state index contributed by atoms with van der Waals surface area (Å²) in [4.78, 5) is 21.3. The number of nitrogens with two attached hydrogens (primary N) is 1. The Morgan fingerprint density at radius 2 is 1.97 bits per heavy atom. The zero-order chi connectivity index (χ0) is 21.2. The van der Waals surface area contributed by atoms with Gasteiger partial charge in [0.1, 0.15) is 0 Å². The van der Waals surface area contributed by atoms with Crippen molar-refractivity contribution in [1.29, 1.82) is 0 Å². The first-order chi connectivity index (χ1) is 15.2. The van der Waals surface area contributed by atoms with Gasteiger partial charge >= 0.3 is 0 Å². The van der Waals surface area contributed by atoms with E-state index in [4.69, 9.17) is 20.2 Å². The lowest BCUT2D eigenvalue weighted by molar-refractivity contribution is 0.100. The number of amides is 1. The third-order valence-corrected chi connectivity index (χ3v) is 5.40. The molecule has 0 radical (unpaired) electrons. The third kappa shape index (κ3) is 3.68. The van der Waals surface area contributed by atoms with Crippen LogP contribution < -0.4 is 16.4 Å². The molecule has 8 nitrogen and oxygen atoms in total. The van der Waals surface area contributed by atoms with Crippen LogP contribution in [-0.4, -0.2) is 27.6 Å². The van der Waals surface area contributed by atoms with Gasteiger partial charge in [-0.2, -0.15) is 0 Å². The summed E-state index contributed by atoms with van der Waals surface area (Å²) in [6.07, 6.45) is 2.96. The standard InChI is InChI=1S/C23H22N6O2/c24-21(30)16-10-6-9-15-18(29-31-20(15)16)23-27-17-11-4-5-12-25-19(17)22(28-23)26-13-14-7-2-1-3-8-14/h1-3,6-10,25H,4-5,11-13H2,(H2,24,30)(H,26,27,28). The summed E-state index contributed by atoms with van der Waals surface area (Å²) in [5, 5.41) is 11.8. The molecule has 2 aromatic heterocycles. The van der Waals surface area contributed by atoms with Crippen LogP contribution in [0.5, 0.6) is 0 Å². The first-order valence-corrected chi connectivity index (χ1v) is 10.3. The number of fused-ring (bicyclic) bond motifs is 2. The number of carbonyl (C=O) groups is 1. The number of carbonyl (C=O) groups excluding carboxylic acids is 1. The van der Waals surface area contributed by atoms with Crippen LogP contribution in [0.1, 0.15) is 34.5 Å². The highest BCUT2D eigenvalue weighted by Gasteiger charge is 2.22. The summed E-state index contributed by atoms with van der Waals surface area (Å²) in [6.45, 7) is 1.52. The molecule has 2 aromatic carbocycles. The molecule has 3 heterocycles. The molecule has 4 N–H and O–H groups in total. The Balaban J connectivity index is 1.59. The monoisotopic (exact) mass is 414 g/mol. The third-order valence-electron chi connectivity index (χ3n) is 5.40. The molecule has 1 amide bonds. The van der Waals surface area contributed by atoms with Gasteiger partial charge in [-0.1, -0.05) is 41.6 Å². The van der Waals surface area contributed by atoms with Gasteiger partial charge in [-0.3, -0.25) is 4.79 Å². The molecular weight excluding hydrogens is 392 g/mol. The molecule has 0 saturated heterocycles. The Kier molecular flexibility index (Phi) is 4.95. The van der Waals surface area contributed by atoms with Gasteiger partial charge in [-0.15, -0.1) is 0 Å². The van der Waals surface area contributed by atoms with Crippen molar-refractivity contribution in [3.8, 4) is 11.5 Å². The second-order valence-corrected chi connectivity index (χ2v) is 7.52. The second kappa shape index (κ2) is 8.06. The largest absolute Gasteiger partial charge is 0.381 e. The minimum Gasteiger partial charge on any atom is -0.381 e. The number of benzene rings is 2. The molecule has 0 aliphatic carbocycles. The molecule has 156 valence electrons. The highest BCUT2D eigenvalue weighted by atomic mass is 16.5. The predicted octanol–water partition coefficient (Wildman–Crippen LogP) is 3.74. The summed E-state index contributed by atoms with van der Waals surface area (Å²) >= 11 is 0. The van der Waals surface area contributed by atoms with Crippen LogP contribution in [0.2, 0.25) is 0 Å². The van der Waals surface area contributed by atoms with E-state index in [-0.39, 0.29) is 5.56 Å². The molecule has 0 saturated carbocycles. The second-order valence-electron chi connectivity index (χ2n) is 7.52. The number of nitrogens with one attached hydrogen (secondary N) is 2. The van der Waals surface area contributed by atoms with Crippen molar-refractivity contribution in [2.45, 2.75) is 25.8 Å². The summed E-state index contributed by atoms with van der Waals surface area (Å²) in [5.41, 5.74) is 9.64. The van der Waals surface area contributed by atoms with E-state index in [1.54, 1.807) is 12.1 Å². The topological polar surface area (TPSA) is 119 Å². The molecule has 5 rings (SSSR count). The van der Waals surface area contributed by atoms with Crippen LogP contribution >= 0.6 is 0 Å². The van der Waals surface area contributed by atoms with Crippen molar-refractivity contribution in [1.82, 2.24) is 15.1 Å². The van der Waals surface area contributed by atoms with Crippen molar-refractivity contribution in [2.24, 2.45) is 5.73 Å². The van der Waals surface area contributed by atoms with Crippen LogP contribution in [0.25, 0.3) is 22.5 Å². The molecule has 0 unspecified atom stereocenters. The molecule has 4 aromatic rings. The maximum atomic E-state index is 11.7.